The molecule has 1 heteroatoms. The van der Waals surface area contributed by atoms with Crippen LogP contribution in [0.1, 0.15) is 44.6 Å². The average molecular weight is 168 g/mol. The monoisotopic (exact) mass is 168 g/mol. The fraction of sp³-hybridized carbons (Fsp3) is 0.583. The Balaban J connectivity index is 0.000000845. The van der Waals surface area contributed by atoms with Crippen LogP contribution in [-0.4, -0.2) is 0 Å². The molecule has 0 unspecified atom stereocenters. The van der Waals surface area contributed by atoms with Crippen LogP contribution < -0.4 is 18.9 Å². The second-order valence-electron chi connectivity index (χ2n) is 4.29. The zero-order chi connectivity index (χ0) is 8.44. The summed E-state index contributed by atoms with van der Waals surface area (Å²) in [5, 5.41) is 0. The van der Waals surface area contributed by atoms with Crippen molar-refractivity contribution in [2.75, 3.05) is 0 Å². The van der Waals surface area contributed by atoms with Crippen LogP contribution in [-0.2, 0) is 5.41 Å². The Bertz CT molecular complexity index is 230. The van der Waals surface area contributed by atoms with Gasteiger partial charge < -0.3 is 0 Å². The van der Waals surface area contributed by atoms with Crippen LogP contribution in [0.25, 0.3) is 0 Å². The van der Waals surface area contributed by atoms with Crippen LogP contribution in [0, 0.1) is 0 Å². The molecule has 13 heavy (non-hydrogen) atoms. The molecule has 1 aromatic carbocycles. The van der Waals surface area contributed by atoms with E-state index in [1.807, 2.05) is 0 Å². The van der Waals surface area contributed by atoms with Crippen molar-refractivity contribution in [1.82, 2.24) is 0 Å². The summed E-state index contributed by atoms with van der Waals surface area (Å²) in [5.41, 5.74) is 2.06. The molecule has 0 atom stereocenters. The van der Waals surface area contributed by atoms with E-state index in [1.54, 1.807) is 5.56 Å². The molecule has 2 rings (SSSR count). The zero-order valence-corrected chi connectivity index (χ0v) is 8.84. The normalized spacial score (nSPS) is 20.7. The predicted molar refractivity (Wildman–Crippen MR) is 52.5 cm³/mol. The third-order valence-electron chi connectivity index (χ3n) is 3.32. The minimum atomic E-state index is 0. The molecule has 1 aromatic rings. The van der Waals surface area contributed by atoms with E-state index in [1.165, 1.54) is 32.1 Å². The van der Waals surface area contributed by atoms with E-state index in [4.69, 9.17) is 0 Å². The second-order valence-corrected chi connectivity index (χ2v) is 4.29. The SMILES string of the molecule is CC1([c-]2cccc2)CCCCC1.[Li+]. The first-order chi connectivity index (χ1) is 5.81. The van der Waals surface area contributed by atoms with E-state index in [9.17, 15) is 0 Å². The number of hydrogen-bond acceptors (Lipinski definition) is 0. The molecule has 0 radical (unpaired) electrons. The van der Waals surface area contributed by atoms with Crippen molar-refractivity contribution in [1.29, 1.82) is 0 Å². The van der Waals surface area contributed by atoms with E-state index in [2.05, 4.69) is 31.2 Å². The molecule has 1 fully saturated rings. The van der Waals surface area contributed by atoms with Crippen molar-refractivity contribution in [3.63, 3.8) is 0 Å². The van der Waals surface area contributed by atoms with Gasteiger partial charge in [0, 0.05) is 0 Å². The summed E-state index contributed by atoms with van der Waals surface area (Å²) < 4.78 is 0. The number of rotatable bonds is 1. The van der Waals surface area contributed by atoms with Gasteiger partial charge in [-0.1, -0.05) is 44.4 Å². The van der Waals surface area contributed by atoms with Gasteiger partial charge in [-0.15, -0.1) is 0 Å². The Morgan fingerprint density at radius 2 is 1.54 bits per heavy atom. The summed E-state index contributed by atoms with van der Waals surface area (Å²) in [7, 11) is 0. The Morgan fingerprint density at radius 1 is 1.00 bits per heavy atom. The first kappa shape index (κ1) is 11.0. The summed E-state index contributed by atoms with van der Waals surface area (Å²) in [4.78, 5) is 0. The van der Waals surface area contributed by atoms with Crippen LogP contribution in [0.2, 0.25) is 0 Å². The minimum Gasteiger partial charge on any atom is -0.213 e. The van der Waals surface area contributed by atoms with Crippen molar-refractivity contribution >= 4 is 0 Å². The Labute approximate surface area is 93.3 Å². The van der Waals surface area contributed by atoms with Crippen molar-refractivity contribution in [3.05, 3.63) is 29.8 Å². The second kappa shape index (κ2) is 4.45. The summed E-state index contributed by atoms with van der Waals surface area (Å²) >= 11 is 0. The molecule has 0 N–H and O–H groups in total. The smallest absolute Gasteiger partial charge is 0.213 e. The van der Waals surface area contributed by atoms with Gasteiger partial charge in [0.15, 0.2) is 0 Å². The molecule has 0 saturated heterocycles. The molecule has 66 valence electrons. The average Bonchev–Trinajstić information content (AvgIpc) is 2.58. The van der Waals surface area contributed by atoms with Crippen molar-refractivity contribution in [3.8, 4) is 0 Å². The molecule has 0 spiro atoms. The van der Waals surface area contributed by atoms with Crippen LogP contribution in [0.15, 0.2) is 24.3 Å². The predicted octanol–water partition coefficient (Wildman–Crippen LogP) is 0.631. The maximum Gasteiger partial charge on any atom is 1.00 e. The largest absolute Gasteiger partial charge is 1.00 e. The van der Waals surface area contributed by atoms with Crippen molar-refractivity contribution in [2.24, 2.45) is 0 Å². The molecule has 0 heterocycles. The molecule has 0 amide bonds. The molecule has 1 aliphatic rings. The Kier molecular flexibility index (Phi) is 3.77. The van der Waals surface area contributed by atoms with Gasteiger partial charge in [0.05, 0.1) is 0 Å². The van der Waals surface area contributed by atoms with Gasteiger partial charge in [-0.3, -0.25) is 0 Å². The molecule has 0 aliphatic heterocycles. The molecule has 0 bridgehead atoms. The standard InChI is InChI=1S/C12H17.Li/c1-12(9-5-2-6-10-12)11-7-3-4-8-11;/h3-4,7-8H,2,5-6,9-10H2,1H3;/q-1;+1. The van der Waals surface area contributed by atoms with E-state index in [0.29, 0.717) is 5.41 Å². The van der Waals surface area contributed by atoms with Gasteiger partial charge in [-0.25, -0.2) is 12.1 Å². The van der Waals surface area contributed by atoms with E-state index in [0.717, 1.165) is 0 Å². The minimum absolute atomic E-state index is 0. The molecule has 1 saturated carbocycles. The van der Waals surface area contributed by atoms with Gasteiger partial charge in [0.1, 0.15) is 0 Å². The quantitative estimate of drug-likeness (QED) is 0.426. The Morgan fingerprint density at radius 3 is 2.08 bits per heavy atom. The molecule has 0 nitrogen and oxygen atoms in total. The van der Waals surface area contributed by atoms with Gasteiger partial charge in [0.25, 0.3) is 0 Å². The molecule has 1 aliphatic carbocycles. The first-order valence-corrected chi connectivity index (χ1v) is 5.03. The maximum absolute atomic E-state index is 2.42. The third kappa shape index (κ3) is 2.25. The first-order valence-electron chi connectivity index (χ1n) is 5.03. The molecular formula is C12H17Li. The van der Waals surface area contributed by atoms with Gasteiger partial charge >= 0.3 is 18.9 Å². The maximum atomic E-state index is 2.42. The number of hydrogen-bond donors (Lipinski definition) is 0. The topological polar surface area (TPSA) is 0 Å². The van der Waals surface area contributed by atoms with Crippen LogP contribution in [0.4, 0.5) is 0 Å². The molecule has 0 aromatic heterocycles. The van der Waals surface area contributed by atoms with Crippen molar-refractivity contribution in [2.45, 2.75) is 44.4 Å². The third-order valence-corrected chi connectivity index (χ3v) is 3.32. The van der Waals surface area contributed by atoms with E-state index >= 15 is 0 Å². The van der Waals surface area contributed by atoms with E-state index < -0.39 is 0 Å². The summed E-state index contributed by atoms with van der Waals surface area (Å²) in [6.07, 6.45) is 7.05. The van der Waals surface area contributed by atoms with Gasteiger partial charge in [-0.2, -0.15) is 17.7 Å². The van der Waals surface area contributed by atoms with Gasteiger partial charge in [-0.05, 0) is 0 Å². The fourth-order valence-electron chi connectivity index (χ4n) is 2.40. The van der Waals surface area contributed by atoms with Crippen LogP contribution >= 0.6 is 0 Å². The van der Waals surface area contributed by atoms with Gasteiger partial charge in [0.2, 0.25) is 0 Å². The summed E-state index contributed by atoms with van der Waals surface area (Å²) in [6, 6.07) is 8.89. The van der Waals surface area contributed by atoms with Crippen molar-refractivity contribution < 1.29 is 18.9 Å². The van der Waals surface area contributed by atoms with Crippen LogP contribution in [0.5, 0.6) is 0 Å². The zero-order valence-electron chi connectivity index (χ0n) is 8.84. The van der Waals surface area contributed by atoms with E-state index in [-0.39, 0.29) is 18.9 Å². The summed E-state index contributed by atoms with van der Waals surface area (Å²) in [5.74, 6) is 0. The molecular weight excluding hydrogens is 151 g/mol. The van der Waals surface area contributed by atoms with Crippen LogP contribution in [0.3, 0.4) is 0 Å². The Hall–Kier alpha value is -0.0526. The fourth-order valence-corrected chi connectivity index (χ4v) is 2.40. The summed E-state index contributed by atoms with van der Waals surface area (Å²) in [6.45, 7) is 2.42.